The van der Waals surface area contributed by atoms with E-state index >= 15 is 0 Å². The molecule has 8 rings (SSSR count). The van der Waals surface area contributed by atoms with E-state index in [2.05, 4.69) is 37.6 Å². The number of nitrogens with one attached hydrogen (secondary N) is 3. The number of hydrogen-bond donors (Lipinski definition) is 4. The Morgan fingerprint density at radius 2 is 1.49 bits per heavy atom. The topological polar surface area (TPSA) is 181 Å². The number of amides is 4. The molecule has 5 aromatic rings. The Labute approximate surface area is 476 Å². The molecule has 0 aliphatic carbocycles. The van der Waals surface area contributed by atoms with Gasteiger partial charge in [-0.3, -0.25) is 24.1 Å². The molecule has 79 heavy (non-hydrogen) atoms. The molecular formula is C62H83ClN8O7S. The predicted molar refractivity (Wildman–Crippen MR) is 313 cm³/mol. The number of para-hydroxylation sites is 1. The van der Waals surface area contributed by atoms with Crippen LogP contribution in [0.25, 0.3) is 21.3 Å². The van der Waals surface area contributed by atoms with E-state index < -0.39 is 36.2 Å². The second kappa shape index (κ2) is 27.7. The van der Waals surface area contributed by atoms with Crippen LogP contribution in [0.2, 0.25) is 0 Å². The summed E-state index contributed by atoms with van der Waals surface area (Å²) in [5, 5.41) is 18.4. The molecule has 3 aliphatic rings. The summed E-state index contributed by atoms with van der Waals surface area (Å²) in [6.07, 6.45) is 12.8. The summed E-state index contributed by atoms with van der Waals surface area (Å²) < 4.78 is 5.18. The van der Waals surface area contributed by atoms with E-state index in [-0.39, 0.29) is 53.9 Å². The van der Waals surface area contributed by atoms with Gasteiger partial charge < -0.3 is 40.2 Å². The predicted octanol–water partition coefficient (Wildman–Crippen LogP) is 9.75. The van der Waals surface area contributed by atoms with Crippen LogP contribution in [0.4, 0.5) is 0 Å². The number of H-pyrrole nitrogens is 1. The number of carbonyl (C=O) groups is 5. The lowest BCUT2D eigenvalue weighted by Crippen LogP contribution is -2.56. The molecule has 0 unspecified atom stereocenters. The van der Waals surface area contributed by atoms with Crippen LogP contribution >= 0.6 is 22.9 Å². The van der Waals surface area contributed by atoms with Crippen LogP contribution in [-0.4, -0.2) is 147 Å². The SMILES string of the molecule is COC(=O)[C@@H]1Cc2c([nH]c3ccccc23)[C@@H](c2ccc(C(=O)N3CCN(CCCCCCCCCCCCCN[C@@H](C(=O)N4C[C@@H](O)C[C@@H]4C(=O)N[C@H](C)c4ccc(-c5scnc5C)cc4)C(C)(C)C)CC3)cc2)N1C(=O)CCl. The third-order valence-corrected chi connectivity index (χ3v) is 17.6. The second-order valence-corrected chi connectivity index (χ2v) is 24.2. The lowest BCUT2D eigenvalue weighted by molar-refractivity contribution is -0.154. The van der Waals surface area contributed by atoms with Crippen molar-refractivity contribution in [1.29, 1.82) is 0 Å². The molecule has 4 amide bonds. The standard InChI is InChI=1S/C62H83ClN8O7S/c1-41(43-22-26-45(27-23-43)56-42(2)65-40-79-56)66-58(74)51-36-47(72)39-70(51)60(76)57(62(3,4)5)64-30-18-14-12-10-8-7-9-11-13-15-19-31-68-32-34-69(35-33-68)59(75)46-28-24-44(25-29-46)55-54-49(48-20-16-17-21-50(48)67-54)37-52(61(77)78-6)71(55)53(73)38-63/h16-17,20-29,40-41,47,51-52,55,57,64,67,72H,7-15,18-19,30-39H2,1-6H3,(H,66,74)/t41-,47+,51-,52+,55-,57+/m1/s1. The minimum Gasteiger partial charge on any atom is -0.467 e. The minimum absolute atomic E-state index is 0.0110. The number of aromatic nitrogens is 2. The highest BCUT2D eigenvalue weighted by Gasteiger charge is 2.45. The van der Waals surface area contributed by atoms with E-state index in [4.69, 9.17) is 16.3 Å². The third kappa shape index (κ3) is 14.6. The van der Waals surface area contributed by atoms with Gasteiger partial charge in [0, 0.05) is 67.7 Å². The Kier molecular flexibility index (Phi) is 20.8. The summed E-state index contributed by atoms with van der Waals surface area (Å²) >= 11 is 7.74. The molecule has 6 atom stereocenters. The van der Waals surface area contributed by atoms with Crippen molar-refractivity contribution in [2.45, 2.75) is 154 Å². The van der Waals surface area contributed by atoms with E-state index in [1.807, 2.05) is 106 Å². The molecule has 15 nitrogen and oxygen atoms in total. The zero-order chi connectivity index (χ0) is 56.2. The number of rotatable bonds is 24. The van der Waals surface area contributed by atoms with Crippen LogP contribution in [0, 0.1) is 12.3 Å². The fourth-order valence-corrected chi connectivity index (χ4v) is 12.9. The van der Waals surface area contributed by atoms with Gasteiger partial charge in [-0.1, -0.05) is 133 Å². The molecule has 3 aliphatic heterocycles. The van der Waals surface area contributed by atoms with Gasteiger partial charge in [0.1, 0.15) is 18.0 Å². The summed E-state index contributed by atoms with van der Waals surface area (Å²) in [6, 6.07) is 20.5. The molecule has 426 valence electrons. The van der Waals surface area contributed by atoms with E-state index in [0.29, 0.717) is 25.1 Å². The summed E-state index contributed by atoms with van der Waals surface area (Å²) in [5.41, 5.74) is 8.59. The van der Waals surface area contributed by atoms with Crippen LogP contribution < -0.4 is 10.6 Å². The molecular weight excluding hydrogens is 1040 g/mol. The first-order chi connectivity index (χ1) is 38.1. The Bertz CT molecular complexity index is 2840. The van der Waals surface area contributed by atoms with Crippen LogP contribution in [0.15, 0.2) is 78.3 Å². The number of piperazine rings is 1. The number of likely N-dealkylation sites (tertiary alicyclic amines) is 1. The van der Waals surface area contributed by atoms with Gasteiger partial charge in [-0.15, -0.1) is 22.9 Å². The average Bonchev–Trinajstić information content (AvgIpc) is 4.29. The van der Waals surface area contributed by atoms with Crippen LogP contribution in [-0.2, 0) is 30.3 Å². The molecule has 0 saturated carbocycles. The van der Waals surface area contributed by atoms with Crippen LogP contribution in [0.1, 0.15) is 155 Å². The van der Waals surface area contributed by atoms with Gasteiger partial charge in [-0.2, -0.15) is 0 Å². The molecule has 4 N–H and O–H groups in total. The number of hydrogen-bond acceptors (Lipinski definition) is 11. The van der Waals surface area contributed by atoms with Crippen LogP contribution in [0.5, 0.6) is 0 Å². The number of carbonyl (C=O) groups excluding carboxylic acids is 5. The number of aliphatic hydroxyl groups is 1. The van der Waals surface area contributed by atoms with Crippen molar-refractivity contribution in [1.82, 2.24) is 40.2 Å². The van der Waals surface area contributed by atoms with E-state index in [1.54, 1.807) is 16.2 Å². The maximum Gasteiger partial charge on any atom is 0.328 e. The van der Waals surface area contributed by atoms with Gasteiger partial charge in [0.15, 0.2) is 0 Å². The number of esters is 1. The number of fused-ring (bicyclic) bond motifs is 3. The zero-order valence-corrected chi connectivity index (χ0v) is 48.8. The number of methoxy groups -OCH3 is 1. The Balaban J connectivity index is 0.681. The molecule has 2 fully saturated rings. The Morgan fingerprint density at radius 1 is 0.848 bits per heavy atom. The number of halogens is 1. The largest absolute Gasteiger partial charge is 0.467 e. The lowest BCUT2D eigenvalue weighted by atomic mass is 9.85. The fraction of sp³-hybridized carbons (Fsp3) is 0.548. The first-order valence-corrected chi connectivity index (χ1v) is 30.2. The summed E-state index contributed by atoms with van der Waals surface area (Å²) in [6.45, 7) is 15.0. The van der Waals surface area contributed by atoms with Crippen molar-refractivity contribution in [2.24, 2.45) is 5.41 Å². The Morgan fingerprint density at radius 3 is 2.11 bits per heavy atom. The molecule has 2 saturated heterocycles. The van der Waals surface area contributed by atoms with Crippen molar-refractivity contribution in [3.63, 3.8) is 0 Å². The van der Waals surface area contributed by atoms with Gasteiger partial charge in [0.25, 0.3) is 5.91 Å². The first-order valence-electron chi connectivity index (χ1n) is 28.8. The first kappa shape index (κ1) is 59.5. The molecule has 5 heterocycles. The maximum absolute atomic E-state index is 14.1. The monoisotopic (exact) mass is 1120 g/mol. The minimum atomic E-state index is -0.848. The van der Waals surface area contributed by atoms with E-state index in [9.17, 15) is 29.1 Å². The molecule has 17 heteroatoms. The number of unbranched alkanes of at least 4 members (excludes halogenated alkanes) is 10. The van der Waals surface area contributed by atoms with E-state index in [0.717, 1.165) is 94.9 Å². The smallest absolute Gasteiger partial charge is 0.328 e. The van der Waals surface area contributed by atoms with Gasteiger partial charge in [0.05, 0.1) is 47.4 Å². The summed E-state index contributed by atoms with van der Waals surface area (Å²) in [7, 11) is 1.33. The van der Waals surface area contributed by atoms with Crippen molar-refractivity contribution in [3.05, 3.63) is 112 Å². The number of ether oxygens (including phenoxy) is 1. The number of benzene rings is 3. The number of nitrogens with zero attached hydrogens (tertiary/aromatic N) is 5. The average molecular weight is 1120 g/mol. The van der Waals surface area contributed by atoms with Crippen LogP contribution in [0.3, 0.4) is 0 Å². The number of alkyl halides is 1. The quantitative estimate of drug-likeness (QED) is 0.0264. The maximum atomic E-state index is 14.1. The number of β-amino-alcohol motifs (C(OH)–C–C–N with tert-alkyl or cyclic N) is 1. The fourth-order valence-electron chi connectivity index (χ4n) is 11.9. The van der Waals surface area contributed by atoms with Crippen molar-refractivity contribution in [2.75, 3.05) is 58.8 Å². The molecule has 2 aromatic heterocycles. The third-order valence-electron chi connectivity index (χ3n) is 16.4. The molecule has 3 aromatic carbocycles. The molecule has 0 bridgehead atoms. The normalized spacial score (nSPS) is 19.6. The highest BCUT2D eigenvalue weighted by atomic mass is 35.5. The van der Waals surface area contributed by atoms with Gasteiger partial charge in [0.2, 0.25) is 17.7 Å². The second-order valence-electron chi connectivity index (χ2n) is 23.1. The van der Waals surface area contributed by atoms with Gasteiger partial charge in [-0.05, 0) is 85.6 Å². The zero-order valence-electron chi connectivity index (χ0n) is 47.2. The number of aliphatic hydroxyl groups excluding tert-OH is 1. The number of aryl methyl sites for hydroxylation is 1. The molecule has 0 radical (unpaired) electrons. The van der Waals surface area contributed by atoms with Gasteiger partial charge in [-0.25, -0.2) is 9.78 Å². The summed E-state index contributed by atoms with van der Waals surface area (Å²) in [4.78, 5) is 84.7. The van der Waals surface area contributed by atoms with Crippen molar-refractivity contribution >= 4 is 63.4 Å². The molecule has 0 spiro atoms. The Hall–Kier alpha value is -5.65. The van der Waals surface area contributed by atoms with Gasteiger partial charge >= 0.3 is 5.97 Å². The van der Waals surface area contributed by atoms with Crippen molar-refractivity contribution < 1.29 is 33.8 Å². The van der Waals surface area contributed by atoms with Crippen molar-refractivity contribution in [3.8, 4) is 10.4 Å². The number of aromatic amines is 1. The number of thiazole rings is 1. The highest BCUT2D eigenvalue weighted by Crippen LogP contribution is 2.42. The lowest BCUT2D eigenvalue weighted by Gasteiger charge is -2.40. The highest BCUT2D eigenvalue weighted by molar-refractivity contribution is 7.13. The van der Waals surface area contributed by atoms with E-state index in [1.165, 1.54) is 63.4 Å². The summed E-state index contributed by atoms with van der Waals surface area (Å²) in [5.74, 6) is -1.55.